The first-order chi connectivity index (χ1) is 11.7. The van der Waals surface area contributed by atoms with Crippen molar-refractivity contribution in [1.82, 2.24) is 0 Å². The Morgan fingerprint density at radius 2 is 2.17 bits per heavy atom. The van der Waals surface area contributed by atoms with E-state index in [0.29, 0.717) is 18.6 Å². The smallest absolute Gasteiger partial charge is 0.173 e. The van der Waals surface area contributed by atoms with E-state index in [2.05, 4.69) is 6.92 Å². The van der Waals surface area contributed by atoms with E-state index in [0.717, 1.165) is 29.1 Å². The van der Waals surface area contributed by atoms with Crippen molar-refractivity contribution in [2.45, 2.75) is 19.8 Å². The molecule has 1 aliphatic heterocycles. The fourth-order valence-electron chi connectivity index (χ4n) is 2.96. The van der Waals surface area contributed by atoms with Crippen LogP contribution in [-0.2, 0) is 20.7 Å². The van der Waals surface area contributed by atoms with Crippen molar-refractivity contribution >= 4 is 5.78 Å². The minimum atomic E-state index is -0.228. The van der Waals surface area contributed by atoms with Crippen LogP contribution in [0.4, 0.5) is 0 Å². The highest BCUT2D eigenvalue weighted by molar-refractivity contribution is 6.03. The van der Waals surface area contributed by atoms with Gasteiger partial charge in [0.05, 0.1) is 12.5 Å². The molecule has 3 rings (SSSR count). The van der Waals surface area contributed by atoms with Gasteiger partial charge in [-0.15, -0.1) is 0 Å². The lowest BCUT2D eigenvalue weighted by molar-refractivity contribution is -0.118. The number of benzene rings is 1. The number of fused-ring (bicyclic) bond motifs is 2. The lowest BCUT2D eigenvalue weighted by Crippen LogP contribution is -2.29. The van der Waals surface area contributed by atoms with E-state index < -0.39 is 0 Å². The summed E-state index contributed by atoms with van der Waals surface area (Å²) in [6.07, 6.45) is 7.21. The molecule has 0 spiro atoms. The number of Topliss-reactive ketones (excluding diaryl/α,β-unsaturated/α-hetero) is 1. The van der Waals surface area contributed by atoms with Crippen LogP contribution in [0.3, 0.4) is 0 Å². The molecule has 1 aromatic carbocycles. The highest BCUT2D eigenvalue weighted by Gasteiger charge is 2.33. The quantitative estimate of drug-likeness (QED) is 0.592. The van der Waals surface area contributed by atoms with Gasteiger partial charge in [0.15, 0.2) is 5.78 Å². The zero-order valence-corrected chi connectivity index (χ0v) is 14.1. The van der Waals surface area contributed by atoms with Gasteiger partial charge in [0.25, 0.3) is 0 Å². The van der Waals surface area contributed by atoms with Crippen molar-refractivity contribution in [2.24, 2.45) is 5.92 Å². The molecule has 1 heterocycles. The van der Waals surface area contributed by atoms with Gasteiger partial charge < -0.3 is 14.2 Å². The largest absolute Gasteiger partial charge is 0.461 e. The van der Waals surface area contributed by atoms with Gasteiger partial charge in [0, 0.05) is 12.7 Å². The summed E-state index contributed by atoms with van der Waals surface area (Å²) >= 11 is 0. The van der Waals surface area contributed by atoms with E-state index in [1.165, 1.54) is 0 Å². The number of allylic oxidation sites excluding steroid dienone is 5. The van der Waals surface area contributed by atoms with Crippen LogP contribution in [0.2, 0.25) is 0 Å². The average molecular weight is 326 g/mol. The first-order valence-corrected chi connectivity index (χ1v) is 8.21. The predicted molar refractivity (Wildman–Crippen MR) is 91.6 cm³/mol. The first-order valence-electron chi connectivity index (χ1n) is 8.21. The number of ether oxygens (including phenoxy) is 3. The summed E-state index contributed by atoms with van der Waals surface area (Å²) in [5.41, 5.74) is 2.86. The normalized spacial score (nSPS) is 19.8. The molecule has 0 N–H and O–H groups in total. The van der Waals surface area contributed by atoms with E-state index in [9.17, 15) is 4.79 Å². The Bertz CT molecular complexity index is 712. The molecule has 0 saturated carbocycles. The summed E-state index contributed by atoms with van der Waals surface area (Å²) < 4.78 is 16.2. The van der Waals surface area contributed by atoms with Gasteiger partial charge in [-0.25, -0.2) is 0 Å². The maximum Gasteiger partial charge on any atom is 0.173 e. The lowest BCUT2D eigenvalue weighted by Gasteiger charge is -2.29. The second-order valence-electron chi connectivity index (χ2n) is 5.93. The van der Waals surface area contributed by atoms with E-state index in [1.807, 2.05) is 42.5 Å². The molecule has 0 bridgehead atoms. The van der Waals surface area contributed by atoms with Crippen LogP contribution in [-0.4, -0.2) is 26.3 Å². The summed E-state index contributed by atoms with van der Waals surface area (Å²) in [7, 11) is 1.59. The van der Waals surface area contributed by atoms with Gasteiger partial charge in [-0.3, -0.25) is 4.79 Å². The molecule has 1 aliphatic carbocycles. The Balaban J connectivity index is 1.79. The third-order valence-corrected chi connectivity index (χ3v) is 4.30. The van der Waals surface area contributed by atoms with Crippen LogP contribution in [0.25, 0.3) is 0 Å². The predicted octanol–water partition coefficient (Wildman–Crippen LogP) is 3.59. The minimum Gasteiger partial charge on any atom is -0.461 e. The molecule has 4 heteroatoms. The molecule has 4 nitrogen and oxygen atoms in total. The maximum atomic E-state index is 12.9. The molecule has 126 valence electrons. The molecule has 0 radical (unpaired) electrons. The van der Waals surface area contributed by atoms with Crippen molar-refractivity contribution in [3.05, 3.63) is 65.0 Å². The molecule has 0 saturated heterocycles. The van der Waals surface area contributed by atoms with Crippen LogP contribution in [0.1, 0.15) is 18.9 Å². The molecule has 0 aromatic heterocycles. The monoisotopic (exact) mass is 326 g/mol. The number of hydrogen-bond acceptors (Lipinski definition) is 4. The second-order valence-corrected chi connectivity index (χ2v) is 5.93. The van der Waals surface area contributed by atoms with Crippen LogP contribution in [0.5, 0.6) is 5.75 Å². The summed E-state index contributed by atoms with van der Waals surface area (Å²) in [4.78, 5) is 12.9. The topological polar surface area (TPSA) is 44.8 Å². The van der Waals surface area contributed by atoms with Gasteiger partial charge >= 0.3 is 0 Å². The number of carbonyl (C=O) groups is 1. The van der Waals surface area contributed by atoms with Crippen LogP contribution in [0, 0.1) is 5.92 Å². The number of hydrogen-bond donors (Lipinski definition) is 0. The van der Waals surface area contributed by atoms with Gasteiger partial charge in [0.1, 0.15) is 18.3 Å². The fraction of sp³-hybridized carbons (Fsp3) is 0.350. The fourth-order valence-corrected chi connectivity index (χ4v) is 2.96. The highest BCUT2D eigenvalue weighted by Crippen LogP contribution is 2.36. The lowest BCUT2D eigenvalue weighted by atomic mass is 9.83. The van der Waals surface area contributed by atoms with Crippen LogP contribution in [0.15, 0.2) is 59.4 Å². The molecule has 1 atom stereocenters. The summed E-state index contributed by atoms with van der Waals surface area (Å²) in [5.74, 6) is 1.47. The summed E-state index contributed by atoms with van der Waals surface area (Å²) in [6.45, 7) is 2.77. The molecule has 1 aromatic rings. The maximum absolute atomic E-state index is 12.9. The van der Waals surface area contributed by atoms with E-state index in [-0.39, 0.29) is 18.5 Å². The molecular formula is C20H22O4. The Morgan fingerprint density at radius 3 is 2.96 bits per heavy atom. The Kier molecular flexibility index (Phi) is 5.28. The van der Waals surface area contributed by atoms with Gasteiger partial charge in [-0.05, 0) is 48.3 Å². The molecule has 1 unspecified atom stereocenters. The highest BCUT2D eigenvalue weighted by atomic mass is 16.7. The zero-order valence-electron chi connectivity index (χ0n) is 14.1. The van der Waals surface area contributed by atoms with Crippen molar-refractivity contribution in [1.29, 1.82) is 0 Å². The average Bonchev–Trinajstić information content (AvgIpc) is 2.62. The molecule has 2 aliphatic rings. The standard InChI is InChI=1S/C20H22O4/c1-3-14(12-23-13-22-2)10-16-8-9-19-17(20(16)21)11-15-6-4-5-7-18(15)24-19/h4-10,17H,3,11-13H2,1-2H3/b14-10+. The molecule has 24 heavy (non-hydrogen) atoms. The van der Waals surface area contributed by atoms with Crippen molar-refractivity contribution in [3.63, 3.8) is 0 Å². The zero-order chi connectivity index (χ0) is 16.9. The number of rotatable bonds is 6. The number of methoxy groups -OCH3 is 1. The Labute approximate surface area is 142 Å². The summed E-state index contributed by atoms with van der Waals surface area (Å²) in [5, 5.41) is 0. The van der Waals surface area contributed by atoms with Gasteiger partial charge in [-0.1, -0.05) is 25.1 Å². The van der Waals surface area contributed by atoms with Crippen molar-refractivity contribution in [2.75, 3.05) is 20.5 Å². The minimum absolute atomic E-state index is 0.111. The number of para-hydroxylation sites is 1. The number of carbonyl (C=O) groups excluding carboxylic acids is 1. The van der Waals surface area contributed by atoms with E-state index >= 15 is 0 Å². The van der Waals surface area contributed by atoms with E-state index in [4.69, 9.17) is 14.2 Å². The van der Waals surface area contributed by atoms with Crippen molar-refractivity contribution in [3.8, 4) is 5.75 Å². The van der Waals surface area contributed by atoms with Gasteiger partial charge in [0.2, 0.25) is 0 Å². The Morgan fingerprint density at radius 1 is 1.33 bits per heavy atom. The van der Waals surface area contributed by atoms with Crippen LogP contribution >= 0.6 is 0 Å². The van der Waals surface area contributed by atoms with Gasteiger partial charge in [-0.2, -0.15) is 0 Å². The third-order valence-electron chi connectivity index (χ3n) is 4.30. The third kappa shape index (κ3) is 3.50. The molecule has 0 amide bonds. The molecule has 0 fully saturated rings. The summed E-state index contributed by atoms with van der Waals surface area (Å²) in [6, 6.07) is 7.88. The van der Waals surface area contributed by atoms with E-state index in [1.54, 1.807) is 7.11 Å². The van der Waals surface area contributed by atoms with Crippen molar-refractivity contribution < 1.29 is 19.0 Å². The Hall–Kier alpha value is -2.17. The second kappa shape index (κ2) is 7.60. The first kappa shape index (κ1) is 16.7. The van der Waals surface area contributed by atoms with Crippen LogP contribution < -0.4 is 4.74 Å². The molecular weight excluding hydrogens is 304 g/mol. The SMILES string of the molecule is CC/C(=C\C1=CC=C2Oc3ccccc3CC2C1=O)COCOC. The number of ketones is 1.